The molecule has 10 heavy (non-hydrogen) atoms. The van der Waals surface area contributed by atoms with E-state index in [0.717, 1.165) is 11.3 Å². The quantitative estimate of drug-likeness (QED) is 0.655. The van der Waals surface area contributed by atoms with Crippen molar-refractivity contribution in [3.05, 3.63) is 23.8 Å². The van der Waals surface area contributed by atoms with E-state index < -0.39 is 0 Å². The van der Waals surface area contributed by atoms with Crippen LogP contribution in [0.4, 0.5) is 0 Å². The van der Waals surface area contributed by atoms with E-state index in [2.05, 4.69) is 22.5 Å². The van der Waals surface area contributed by atoms with Gasteiger partial charge in [0.1, 0.15) is 0 Å². The summed E-state index contributed by atoms with van der Waals surface area (Å²) in [5.41, 5.74) is 1.93. The fourth-order valence-electron chi connectivity index (χ4n) is 0.374. The van der Waals surface area contributed by atoms with Gasteiger partial charge in [-0.1, -0.05) is 6.92 Å². The second kappa shape index (κ2) is 6.97. The molecule has 2 radical (unpaired) electrons. The molecule has 0 N–H and O–H groups in total. The molecule has 1 aromatic heterocycles. The van der Waals surface area contributed by atoms with E-state index in [9.17, 15) is 0 Å². The smallest absolute Gasteiger partial charge is 0 e. The molecule has 1 rings (SSSR count). The van der Waals surface area contributed by atoms with Gasteiger partial charge in [-0.05, 0) is 0 Å². The van der Waals surface area contributed by atoms with E-state index >= 15 is 0 Å². The Labute approximate surface area is 111 Å². The third-order valence-corrected chi connectivity index (χ3v) is 1.03. The van der Waals surface area contributed by atoms with Crippen molar-refractivity contribution in [2.24, 2.45) is 0 Å². The van der Waals surface area contributed by atoms with Crippen molar-refractivity contribution in [3.63, 3.8) is 0 Å². The first-order valence-corrected chi connectivity index (χ1v) is 2.39. The van der Waals surface area contributed by atoms with Gasteiger partial charge in [-0.2, -0.15) is 12.0 Å². The zero-order valence-corrected chi connectivity index (χ0v) is 11.7. The number of aryl methyl sites for hydroxylation is 2. The minimum absolute atomic E-state index is 0. The van der Waals surface area contributed by atoms with Crippen LogP contribution in [-0.2, 0) is 65.4 Å². The van der Waals surface area contributed by atoms with E-state index in [1.165, 1.54) is 0 Å². The van der Waals surface area contributed by atoms with Crippen molar-refractivity contribution in [2.45, 2.75) is 13.8 Å². The Bertz CT molecular complexity index is 170. The molecule has 0 saturated heterocycles. The molecule has 0 saturated carbocycles. The minimum atomic E-state index is 0. The Morgan fingerprint density at radius 2 is 1.80 bits per heavy atom. The Balaban J connectivity index is 0. The average Bonchev–Trinajstić information content (AvgIpc) is 1.77. The van der Waals surface area contributed by atoms with Crippen molar-refractivity contribution < 1.29 is 65.4 Å². The molecule has 1 aromatic rings. The van der Waals surface area contributed by atoms with Gasteiger partial charge in [-0.3, -0.25) is 6.20 Å². The first-order valence-electron chi connectivity index (χ1n) is 2.39. The first-order chi connectivity index (χ1) is 3.80. The summed E-state index contributed by atoms with van der Waals surface area (Å²) in [5.74, 6) is 0. The van der Waals surface area contributed by atoms with Crippen LogP contribution in [-0.4, -0.2) is 9.97 Å². The molecule has 1 heterocycles. The normalized spacial score (nSPS) is 7.40. The van der Waals surface area contributed by atoms with Crippen LogP contribution in [0.15, 0.2) is 0 Å². The van der Waals surface area contributed by atoms with Gasteiger partial charge >= 0.3 is 0 Å². The Morgan fingerprint density at radius 3 is 2.10 bits per heavy atom. The average molecular weight is 284 g/mol. The standard InChI is InChI=1S/C6H6N2.2Y/c1-5-3-7-4-8-6(5)2;;/h1-2H3;;/q-2;;. The summed E-state index contributed by atoms with van der Waals surface area (Å²) in [7, 11) is 0. The fourth-order valence-corrected chi connectivity index (χ4v) is 0.374. The van der Waals surface area contributed by atoms with Gasteiger partial charge in [-0.15, -0.1) is 6.92 Å². The molecular formula is C6H6N2Y2-2. The molecule has 0 aliphatic heterocycles. The van der Waals surface area contributed by atoms with Crippen LogP contribution < -0.4 is 0 Å². The molecule has 0 aliphatic rings. The molecule has 0 amide bonds. The second-order valence-electron chi connectivity index (χ2n) is 1.65. The zero-order chi connectivity index (χ0) is 5.98. The molecule has 0 aliphatic carbocycles. The number of aromatic nitrogens is 2. The molecule has 2 nitrogen and oxygen atoms in total. The Kier molecular flexibility index (Phi) is 9.65. The topological polar surface area (TPSA) is 25.8 Å². The van der Waals surface area contributed by atoms with E-state index in [1.807, 2.05) is 13.8 Å². The summed E-state index contributed by atoms with van der Waals surface area (Å²) >= 11 is 0. The van der Waals surface area contributed by atoms with Crippen molar-refractivity contribution in [2.75, 3.05) is 0 Å². The zero-order valence-electron chi connectivity index (χ0n) is 6.05. The molecule has 0 fully saturated rings. The maximum absolute atomic E-state index is 3.81. The predicted molar refractivity (Wildman–Crippen MR) is 29.2 cm³/mol. The van der Waals surface area contributed by atoms with Gasteiger partial charge in [0, 0.05) is 65.4 Å². The maximum atomic E-state index is 3.81. The summed E-state index contributed by atoms with van der Waals surface area (Å²) in [6, 6.07) is 0. The second-order valence-corrected chi connectivity index (χ2v) is 1.65. The van der Waals surface area contributed by atoms with Gasteiger partial charge in [0.25, 0.3) is 0 Å². The third-order valence-electron chi connectivity index (χ3n) is 1.03. The molecule has 4 heteroatoms. The van der Waals surface area contributed by atoms with Crippen LogP contribution >= 0.6 is 0 Å². The summed E-state index contributed by atoms with van der Waals surface area (Å²) in [5, 5.41) is 0. The van der Waals surface area contributed by atoms with Crippen LogP contribution in [0.3, 0.4) is 0 Å². The number of rotatable bonds is 0. The van der Waals surface area contributed by atoms with Crippen molar-refractivity contribution in [1.29, 1.82) is 0 Å². The van der Waals surface area contributed by atoms with Crippen LogP contribution in [0.1, 0.15) is 11.3 Å². The Morgan fingerprint density at radius 1 is 1.20 bits per heavy atom. The molecule has 0 unspecified atom stereocenters. The van der Waals surface area contributed by atoms with E-state index in [0.29, 0.717) is 0 Å². The minimum Gasteiger partial charge on any atom is -0.524 e. The van der Waals surface area contributed by atoms with Crippen molar-refractivity contribution >= 4 is 0 Å². The number of hydrogen-bond donors (Lipinski definition) is 0. The molecule has 0 spiro atoms. The maximum Gasteiger partial charge on any atom is 0 e. The van der Waals surface area contributed by atoms with Crippen molar-refractivity contribution in [3.8, 4) is 0 Å². The number of nitrogens with zero attached hydrogens (tertiary/aromatic N) is 2. The Hall–Kier alpha value is 1.29. The van der Waals surface area contributed by atoms with E-state index in [-0.39, 0.29) is 65.4 Å². The fraction of sp³-hybridized carbons (Fsp3) is 0.333. The summed E-state index contributed by atoms with van der Waals surface area (Å²) in [4.78, 5) is 7.40. The first kappa shape index (κ1) is 13.8. The van der Waals surface area contributed by atoms with Gasteiger partial charge in [0.15, 0.2) is 0 Å². The molecule has 0 atom stereocenters. The monoisotopic (exact) mass is 284 g/mol. The summed E-state index contributed by atoms with van der Waals surface area (Å²) < 4.78 is 0. The van der Waals surface area contributed by atoms with Crippen LogP contribution in [0, 0.1) is 26.4 Å². The van der Waals surface area contributed by atoms with Crippen LogP contribution in [0.2, 0.25) is 0 Å². The van der Waals surface area contributed by atoms with Gasteiger partial charge in [-0.25, -0.2) is 5.56 Å². The van der Waals surface area contributed by atoms with Gasteiger partial charge in [0.2, 0.25) is 0 Å². The molecule has 0 bridgehead atoms. The van der Waals surface area contributed by atoms with E-state index in [1.54, 1.807) is 0 Å². The van der Waals surface area contributed by atoms with E-state index in [4.69, 9.17) is 0 Å². The molecule has 48 valence electrons. The molecule has 0 aromatic carbocycles. The third kappa shape index (κ3) is 4.23. The predicted octanol–water partition coefficient (Wildman–Crippen LogP) is 0.689. The van der Waals surface area contributed by atoms with Crippen LogP contribution in [0.5, 0.6) is 0 Å². The van der Waals surface area contributed by atoms with Gasteiger partial charge < -0.3 is 9.97 Å². The van der Waals surface area contributed by atoms with Crippen molar-refractivity contribution in [1.82, 2.24) is 9.97 Å². The van der Waals surface area contributed by atoms with Crippen LogP contribution in [0.25, 0.3) is 0 Å². The summed E-state index contributed by atoms with van der Waals surface area (Å²) in [6.07, 6.45) is 5.18. The molecular weight excluding hydrogens is 278 g/mol. The SMILES string of the molecule is Cc1[c-]n[c-]nc1C.[Y].[Y]. The largest absolute Gasteiger partial charge is 0.524 e. The number of hydrogen-bond acceptors (Lipinski definition) is 2. The summed E-state index contributed by atoms with van der Waals surface area (Å²) in [6.45, 7) is 3.83. The van der Waals surface area contributed by atoms with Gasteiger partial charge in [0.05, 0.1) is 0 Å².